The van der Waals surface area contributed by atoms with E-state index in [0.29, 0.717) is 0 Å². The van der Waals surface area contributed by atoms with Crippen LogP contribution in [-0.4, -0.2) is 9.55 Å². The molecule has 2 aromatic rings. The van der Waals surface area contributed by atoms with Crippen molar-refractivity contribution in [3.63, 3.8) is 0 Å². The Morgan fingerprint density at radius 2 is 2.27 bits per heavy atom. The van der Waals surface area contributed by atoms with Gasteiger partial charge in [-0.2, -0.15) is 4.40 Å². The van der Waals surface area contributed by atoms with Crippen LogP contribution in [0.15, 0.2) is 31.0 Å². The Kier molecular flexibility index (Phi) is 2.43. The molecular weight excluding hydrogens is 253 g/mol. The van der Waals surface area contributed by atoms with Crippen molar-refractivity contribution in [2.45, 2.75) is 0 Å². The highest BCUT2D eigenvalue weighted by atomic mass is 127. The Bertz CT molecular complexity index is 355. The van der Waals surface area contributed by atoms with E-state index < -0.39 is 0 Å². The van der Waals surface area contributed by atoms with Crippen LogP contribution in [0.25, 0.3) is 5.65 Å². The summed E-state index contributed by atoms with van der Waals surface area (Å²) < 4.78 is 4.04. The number of nitrogens with zero attached hydrogens (tertiary/aromatic N) is 3. The second-order valence-corrected chi connectivity index (χ2v) is 2.25. The van der Waals surface area contributed by atoms with Gasteiger partial charge in [-0.25, -0.2) is 4.57 Å². The number of hydrogen-bond donors (Lipinski definition) is 0. The molecule has 0 N–H and O–H groups in total. The normalized spacial score (nSPS) is 9.55. The van der Waals surface area contributed by atoms with Crippen LogP contribution in [0.3, 0.4) is 0 Å². The summed E-state index contributed by atoms with van der Waals surface area (Å²) in [5, 5.41) is 0. The average Bonchev–Trinajstić information content (AvgIpc) is 2.34. The molecule has 0 spiro atoms. The van der Waals surface area contributed by atoms with Crippen LogP contribution < -0.4 is 28.4 Å². The van der Waals surface area contributed by atoms with Crippen LogP contribution in [0.5, 0.6) is 0 Å². The zero-order valence-corrected chi connectivity index (χ0v) is 8.26. The number of halogens is 1. The summed E-state index contributed by atoms with van der Waals surface area (Å²) in [6.07, 6.45) is 9.52. The molecule has 0 saturated carbocycles. The zero-order chi connectivity index (χ0) is 6.97. The Hall–Kier alpha value is -0.650. The molecule has 0 unspecified atom stereocenters. The van der Waals surface area contributed by atoms with Gasteiger partial charge in [0.15, 0.2) is 0 Å². The number of aromatic nitrogens is 3. The van der Waals surface area contributed by atoms with Gasteiger partial charge in [-0.3, -0.25) is 4.98 Å². The Morgan fingerprint density at radius 3 is 3.00 bits per heavy atom. The van der Waals surface area contributed by atoms with Gasteiger partial charge in [0.25, 0.3) is 0 Å². The summed E-state index contributed by atoms with van der Waals surface area (Å²) in [7, 11) is 2.00. The van der Waals surface area contributed by atoms with Crippen LogP contribution in [0, 0.1) is 0 Å². The summed E-state index contributed by atoms with van der Waals surface area (Å²) in [5.41, 5.74) is 1.10. The van der Waals surface area contributed by atoms with Gasteiger partial charge in [0, 0.05) is 0 Å². The number of imidazole rings is 1. The lowest BCUT2D eigenvalue weighted by atomic mass is 10.7. The van der Waals surface area contributed by atoms with E-state index in [0.717, 1.165) is 5.65 Å². The maximum Gasteiger partial charge on any atom is 0.304 e. The predicted molar refractivity (Wildman–Crippen MR) is 36.4 cm³/mol. The highest BCUT2D eigenvalue weighted by Crippen LogP contribution is 1.90. The third kappa shape index (κ3) is 1.35. The zero-order valence-electron chi connectivity index (χ0n) is 6.11. The van der Waals surface area contributed by atoms with E-state index in [4.69, 9.17) is 0 Å². The van der Waals surface area contributed by atoms with Gasteiger partial charge in [-0.15, -0.1) is 0 Å². The summed E-state index contributed by atoms with van der Waals surface area (Å²) >= 11 is 0. The van der Waals surface area contributed by atoms with Gasteiger partial charge in [-0.05, 0) is 0 Å². The fraction of sp³-hybridized carbons (Fsp3) is 0.143. The lowest BCUT2D eigenvalue weighted by Crippen LogP contribution is -3.00. The first-order chi connectivity index (χ1) is 4.88. The van der Waals surface area contributed by atoms with E-state index in [-0.39, 0.29) is 24.0 Å². The second kappa shape index (κ2) is 3.17. The highest BCUT2D eigenvalue weighted by molar-refractivity contribution is 5.24. The van der Waals surface area contributed by atoms with Gasteiger partial charge in [0.2, 0.25) is 0 Å². The lowest BCUT2D eigenvalue weighted by Gasteiger charge is -1.83. The van der Waals surface area contributed by atoms with E-state index in [2.05, 4.69) is 4.98 Å². The molecule has 0 fully saturated rings. The minimum Gasteiger partial charge on any atom is -1.00 e. The molecule has 58 valence electrons. The molecule has 11 heavy (non-hydrogen) atoms. The van der Waals surface area contributed by atoms with Gasteiger partial charge < -0.3 is 24.0 Å². The molecule has 0 aliphatic carbocycles. The summed E-state index contributed by atoms with van der Waals surface area (Å²) in [4.78, 5) is 4.00. The van der Waals surface area contributed by atoms with E-state index in [1.165, 1.54) is 0 Å². The van der Waals surface area contributed by atoms with Crippen LogP contribution in [0.2, 0.25) is 0 Å². The first kappa shape index (κ1) is 8.45. The first-order valence-corrected chi connectivity index (χ1v) is 3.14. The third-order valence-electron chi connectivity index (χ3n) is 1.58. The predicted octanol–water partition coefficient (Wildman–Crippen LogP) is -2.84. The molecule has 0 saturated heterocycles. The molecule has 2 heterocycles. The van der Waals surface area contributed by atoms with Crippen molar-refractivity contribution in [2.75, 3.05) is 0 Å². The standard InChI is InChI=1S/C7H8N3.HI/c1-9-4-5-10-3-2-8-6-7(9)10;/h2-6H,1H3;1H/q+1;/p-1. The van der Waals surface area contributed by atoms with Gasteiger partial charge in [0.1, 0.15) is 24.8 Å². The Labute approximate surface area is 81.7 Å². The van der Waals surface area contributed by atoms with Crippen molar-refractivity contribution >= 4 is 5.65 Å². The van der Waals surface area contributed by atoms with Crippen LogP contribution in [0.1, 0.15) is 0 Å². The van der Waals surface area contributed by atoms with Crippen molar-refractivity contribution in [1.29, 1.82) is 0 Å². The second-order valence-electron chi connectivity index (χ2n) is 2.25. The minimum atomic E-state index is 0. The molecule has 2 rings (SSSR count). The van der Waals surface area contributed by atoms with Gasteiger partial charge in [-0.1, -0.05) is 0 Å². The fourth-order valence-corrected chi connectivity index (χ4v) is 1.01. The van der Waals surface area contributed by atoms with Crippen molar-refractivity contribution in [3.8, 4) is 0 Å². The lowest BCUT2D eigenvalue weighted by molar-refractivity contribution is -0.511. The molecule has 0 amide bonds. The molecule has 4 heteroatoms. The molecular formula is C7H8IN3. The van der Waals surface area contributed by atoms with Crippen LogP contribution >= 0.6 is 0 Å². The molecule has 0 atom stereocenters. The van der Waals surface area contributed by atoms with Crippen LogP contribution in [-0.2, 0) is 7.05 Å². The molecule has 3 nitrogen and oxygen atoms in total. The largest absolute Gasteiger partial charge is 1.00 e. The van der Waals surface area contributed by atoms with Crippen molar-refractivity contribution in [3.05, 3.63) is 31.0 Å². The maximum atomic E-state index is 4.00. The number of aryl methyl sites for hydroxylation is 1. The summed E-state index contributed by atoms with van der Waals surface area (Å²) in [6.45, 7) is 0. The molecule has 0 aliphatic heterocycles. The maximum absolute atomic E-state index is 4.00. The van der Waals surface area contributed by atoms with E-state index >= 15 is 0 Å². The number of fused-ring (bicyclic) bond motifs is 1. The third-order valence-corrected chi connectivity index (χ3v) is 1.58. The Balaban J connectivity index is 0.000000605. The van der Waals surface area contributed by atoms with Gasteiger partial charge >= 0.3 is 5.65 Å². The van der Waals surface area contributed by atoms with Crippen LogP contribution in [0.4, 0.5) is 0 Å². The topological polar surface area (TPSA) is 21.9 Å². The number of rotatable bonds is 0. The van der Waals surface area contributed by atoms with Gasteiger partial charge in [0.05, 0.1) is 13.2 Å². The smallest absolute Gasteiger partial charge is 0.304 e. The molecule has 0 aromatic carbocycles. The van der Waals surface area contributed by atoms with E-state index in [1.54, 1.807) is 6.20 Å². The molecule has 2 aromatic heterocycles. The fourth-order valence-electron chi connectivity index (χ4n) is 1.01. The Morgan fingerprint density at radius 1 is 1.45 bits per heavy atom. The molecule has 0 aliphatic rings. The van der Waals surface area contributed by atoms with E-state index in [1.807, 2.05) is 40.8 Å². The molecule has 0 bridgehead atoms. The quantitative estimate of drug-likeness (QED) is 0.370. The molecule has 0 radical (unpaired) electrons. The summed E-state index contributed by atoms with van der Waals surface area (Å²) in [6, 6.07) is 0. The van der Waals surface area contributed by atoms with Crippen molar-refractivity contribution in [1.82, 2.24) is 9.55 Å². The minimum absolute atomic E-state index is 0. The first-order valence-electron chi connectivity index (χ1n) is 3.14. The highest BCUT2D eigenvalue weighted by Gasteiger charge is 2.01. The SMILES string of the molecule is Cn1cc[n+]2ccncc12.[I-]. The van der Waals surface area contributed by atoms with E-state index in [9.17, 15) is 0 Å². The summed E-state index contributed by atoms with van der Waals surface area (Å²) in [5.74, 6) is 0. The number of hydrogen-bond acceptors (Lipinski definition) is 1. The average molecular weight is 261 g/mol. The van der Waals surface area contributed by atoms with Crippen molar-refractivity contribution < 1.29 is 28.4 Å². The van der Waals surface area contributed by atoms with Crippen molar-refractivity contribution in [2.24, 2.45) is 7.05 Å². The monoisotopic (exact) mass is 261 g/mol.